The van der Waals surface area contributed by atoms with Gasteiger partial charge in [-0.1, -0.05) is 61.5 Å². The van der Waals surface area contributed by atoms with E-state index < -0.39 is 5.66 Å². The molecule has 0 radical (unpaired) electrons. The van der Waals surface area contributed by atoms with Crippen molar-refractivity contribution in [3.05, 3.63) is 71.3 Å². The summed E-state index contributed by atoms with van der Waals surface area (Å²) in [6.07, 6.45) is 1.67. The summed E-state index contributed by atoms with van der Waals surface area (Å²) < 4.78 is 0. The molecule has 94 valence electrons. The molecule has 0 aliphatic heterocycles. The molecule has 2 nitrogen and oxygen atoms in total. The number of benzene rings is 2. The van der Waals surface area contributed by atoms with Gasteiger partial charge in [0, 0.05) is 0 Å². The van der Waals surface area contributed by atoms with E-state index in [-0.39, 0.29) is 0 Å². The second kappa shape index (κ2) is 5.34. The summed E-state index contributed by atoms with van der Waals surface area (Å²) in [6, 6.07) is 18.7. The lowest BCUT2D eigenvalue weighted by Crippen LogP contribution is -2.45. The van der Waals surface area contributed by atoms with E-state index in [1.54, 1.807) is 0 Å². The Morgan fingerprint density at radius 1 is 0.833 bits per heavy atom. The van der Waals surface area contributed by atoms with Gasteiger partial charge in [0.15, 0.2) is 0 Å². The van der Waals surface area contributed by atoms with E-state index in [9.17, 15) is 0 Å². The Labute approximate surface area is 109 Å². The predicted octanol–water partition coefficient (Wildman–Crippen LogP) is 2.76. The minimum absolute atomic E-state index is 0.717. The third-order valence-corrected chi connectivity index (χ3v) is 3.33. The quantitative estimate of drug-likeness (QED) is 0.807. The molecule has 18 heavy (non-hydrogen) atoms. The molecule has 0 aromatic heterocycles. The van der Waals surface area contributed by atoms with Crippen LogP contribution >= 0.6 is 0 Å². The van der Waals surface area contributed by atoms with Gasteiger partial charge in [-0.05, 0) is 29.5 Å². The average molecular weight is 240 g/mol. The average Bonchev–Trinajstić information content (AvgIpc) is 2.40. The van der Waals surface area contributed by atoms with Crippen LogP contribution in [0.15, 0.2) is 54.6 Å². The van der Waals surface area contributed by atoms with Crippen molar-refractivity contribution in [2.24, 2.45) is 11.5 Å². The Kier molecular flexibility index (Phi) is 3.80. The highest BCUT2D eigenvalue weighted by molar-refractivity contribution is 5.31. The molecule has 0 heterocycles. The summed E-state index contributed by atoms with van der Waals surface area (Å²) in [4.78, 5) is 0. The summed E-state index contributed by atoms with van der Waals surface area (Å²) in [7, 11) is 0. The van der Waals surface area contributed by atoms with E-state index >= 15 is 0 Å². The fourth-order valence-electron chi connectivity index (χ4n) is 1.97. The van der Waals surface area contributed by atoms with Crippen molar-refractivity contribution in [2.75, 3.05) is 0 Å². The van der Waals surface area contributed by atoms with E-state index in [4.69, 9.17) is 11.5 Å². The van der Waals surface area contributed by atoms with Crippen LogP contribution in [0.4, 0.5) is 0 Å². The molecule has 0 atom stereocenters. The van der Waals surface area contributed by atoms with Crippen LogP contribution in [0.5, 0.6) is 0 Å². The summed E-state index contributed by atoms with van der Waals surface area (Å²) >= 11 is 0. The van der Waals surface area contributed by atoms with E-state index in [1.807, 2.05) is 25.1 Å². The Bertz CT molecular complexity index is 486. The molecule has 0 aliphatic carbocycles. The Hall–Kier alpha value is -1.64. The van der Waals surface area contributed by atoms with Gasteiger partial charge in [-0.3, -0.25) is 0 Å². The van der Waals surface area contributed by atoms with Gasteiger partial charge in [0.1, 0.15) is 0 Å². The molecule has 0 aliphatic rings. The molecule has 0 bridgehead atoms. The minimum Gasteiger partial charge on any atom is -0.310 e. The SMILES string of the molecule is CCC(N)(N)c1ccc(Cc2ccccc2)cc1. The molecule has 0 amide bonds. The van der Waals surface area contributed by atoms with Gasteiger partial charge in [-0.25, -0.2) is 0 Å². The lowest BCUT2D eigenvalue weighted by atomic mass is 9.96. The van der Waals surface area contributed by atoms with E-state index in [2.05, 4.69) is 36.4 Å². The second-order valence-corrected chi connectivity index (χ2v) is 4.75. The molecule has 2 aromatic carbocycles. The largest absolute Gasteiger partial charge is 0.310 e. The van der Waals surface area contributed by atoms with Crippen molar-refractivity contribution in [3.8, 4) is 0 Å². The van der Waals surface area contributed by atoms with E-state index in [1.165, 1.54) is 11.1 Å². The van der Waals surface area contributed by atoms with E-state index in [0.29, 0.717) is 0 Å². The molecule has 0 saturated heterocycles. The van der Waals surface area contributed by atoms with Crippen LogP contribution < -0.4 is 11.5 Å². The predicted molar refractivity (Wildman–Crippen MR) is 76.0 cm³/mol. The van der Waals surface area contributed by atoms with Crippen molar-refractivity contribution in [1.82, 2.24) is 0 Å². The minimum atomic E-state index is -0.717. The van der Waals surface area contributed by atoms with Gasteiger partial charge in [-0.2, -0.15) is 0 Å². The van der Waals surface area contributed by atoms with Crippen molar-refractivity contribution >= 4 is 0 Å². The summed E-state index contributed by atoms with van der Waals surface area (Å²) in [6.45, 7) is 2.00. The van der Waals surface area contributed by atoms with Crippen LogP contribution in [0.2, 0.25) is 0 Å². The van der Waals surface area contributed by atoms with Crippen molar-refractivity contribution in [3.63, 3.8) is 0 Å². The van der Waals surface area contributed by atoms with Crippen molar-refractivity contribution < 1.29 is 0 Å². The first kappa shape index (κ1) is 12.8. The van der Waals surface area contributed by atoms with Crippen LogP contribution in [0.1, 0.15) is 30.0 Å². The molecule has 0 spiro atoms. The normalized spacial score (nSPS) is 11.5. The molecule has 2 heteroatoms. The highest BCUT2D eigenvalue weighted by Crippen LogP contribution is 2.18. The third kappa shape index (κ3) is 2.97. The molecule has 0 fully saturated rings. The molecular weight excluding hydrogens is 220 g/mol. The Morgan fingerprint density at radius 3 is 1.94 bits per heavy atom. The number of hydrogen-bond acceptors (Lipinski definition) is 2. The molecule has 2 rings (SSSR count). The molecule has 0 unspecified atom stereocenters. The van der Waals surface area contributed by atoms with Crippen LogP contribution in [0.3, 0.4) is 0 Å². The Balaban J connectivity index is 2.14. The van der Waals surface area contributed by atoms with Crippen LogP contribution in [-0.4, -0.2) is 0 Å². The smallest absolute Gasteiger partial charge is 0.0896 e. The fourth-order valence-corrected chi connectivity index (χ4v) is 1.97. The maximum atomic E-state index is 6.02. The van der Waals surface area contributed by atoms with E-state index in [0.717, 1.165) is 18.4 Å². The third-order valence-electron chi connectivity index (χ3n) is 3.33. The topological polar surface area (TPSA) is 52.0 Å². The molecule has 4 N–H and O–H groups in total. The Morgan fingerprint density at radius 2 is 1.39 bits per heavy atom. The molecular formula is C16H20N2. The summed E-state index contributed by atoms with van der Waals surface area (Å²) in [5, 5.41) is 0. The number of hydrogen-bond donors (Lipinski definition) is 2. The molecule has 0 saturated carbocycles. The first-order valence-electron chi connectivity index (χ1n) is 6.33. The van der Waals surface area contributed by atoms with Crippen molar-refractivity contribution in [1.29, 1.82) is 0 Å². The van der Waals surface area contributed by atoms with Crippen molar-refractivity contribution in [2.45, 2.75) is 25.4 Å². The van der Waals surface area contributed by atoms with Gasteiger partial charge in [0.05, 0.1) is 5.66 Å². The summed E-state index contributed by atoms with van der Waals surface area (Å²) in [5.74, 6) is 0. The van der Waals surface area contributed by atoms with Gasteiger partial charge >= 0.3 is 0 Å². The van der Waals surface area contributed by atoms with Gasteiger partial charge in [0.25, 0.3) is 0 Å². The number of rotatable bonds is 4. The highest BCUT2D eigenvalue weighted by atomic mass is 14.9. The lowest BCUT2D eigenvalue weighted by Gasteiger charge is -2.23. The standard InChI is InChI=1S/C16H20N2/c1-2-16(17,18)15-10-8-14(9-11-15)12-13-6-4-3-5-7-13/h3-11H,2,12,17-18H2,1H3. The highest BCUT2D eigenvalue weighted by Gasteiger charge is 2.18. The zero-order valence-corrected chi connectivity index (χ0v) is 10.8. The van der Waals surface area contributed by atoms with Gasteiger partial charge in [0.2, 0.25) is 0 Å². The maximum absolute atomic E-state index is 6.02. The monoisotopic (exact) mass is 240 g/mol. The van der Waals surface area contributed by atoms with Crippen LogP contribution in [-0.2, 0) is 12.1 Å². The molecule has 2 aromatic rings. The first-order chi connectivity index (χ1) is 8.62. The van der Waals surface area contributed by atoms with Crippen LogP contribution in [0.25, 0.3) is 0 Å². The lowest BCUT2D eigenvalue weighted by molar-refractivity contribution is 0.448. The number of nitrogens with two attached hydrogens (primary N) is 2. The summed E-state index contributed by atoms with van der Waals surface area (Å²) in [5.41, 5.74) is 14.9. The first-order valence-corrected chi connectivity index (χ1v) is 6.33. The maximum Gasteiger partial charge on any atom is 0.0896 e. The van der Waals surface area contributed by atoms with Gasteiger partial charge in [-0.15, -0.1) is 0 Å². The zero-order chi connectivity index (χ0) is 13.0. The van der Waals surface area contributed by atoms with Gasteiger partial charge < -0.3 is 11.5 Å². The fraction of sp³-hybridized carbons (Fsp3) is 0.250. The van der Waals surface area contributed by atoms with Crippen LogP contribution in [0, 0.1) is 0 Å². The second-order valence-electron chi connectivity index (χ2n) is 4.75. The zero-order valence-electron chi connectivity index (χ0n) is 10.8.